The normalized spacial score (nSPS) is 18.0. The second-order valence-electron chi connectivity index (χ2n) is 5.00. The van der Waals surface area contributed by atoms with E-state index < -0.39 is 5.97 Å². The molecule has 122 valence electrons. The first-order chi connectivity index (χ1) is 10.7. The zero-order valence-corrected chi connectivity index (χ0v) is 13.6. The van der Waals surface area contributed by atoms with Crippen molar-refractivity contribution in [2.75, 3.05) is 19.0 Å². The van der Waals surface area contributed by atoms with Crippen LogP contribution in [-0.2, 0) is 15.3 Å². The predicted molar refractivity (Wildman–Crippen MR) is 85.6 cm³/mol. The SMILES string of the molecule is CCOc1ccc(OC2CCCCO2)cc1CSCC(=O)O. The Kier molecular flexibility index (Phi) is 6.86. The number of aliphatic carboxylic acids is 1. The first-order valence-corrected chi connectivity index (χ1v) is 8.68. The van der Waals surface area contributed by atoms with Crippen LogP contribution in [0.1, 0.15) is 31.7 Å². The van der Waals surface area contributed by atoms with Crippen LogP contribution in [0.4, 0.5) is 0 Å². The van der Waals surface area contributed by atoms with Crippen LogP contribution in [-0.4, -0.2) is 36.3 Å². The number of carbonyl (C=O) groups is 1. The highest BCUT2D eigenvalue weighted by atomic mass is 32.2. The van der Waals surface area contributed by atoms with E-state index in [1.54, 1.807) is 0 Å². The molecule has 1 atom stereocenters. The molecule has 0 radical (unpaired) electrons. The summed E-state index contributed by atoms with van der Waals surface area (Å²) in [5.41, 5.74) is 0.946. The average molecular weight is 326 g/mol. The highest BCUT2D eigenvalue weighted by Crippen LogP contribution is 2.29. The maximum Gasteiger partial charge on any atom is 0.313 e. The van der Waals surface area contributed by atoms with Crippen LogP contribution in [0.3, 0.4) is 0 Å². The minimum atomic E-state index is -0.814. The Morgan fingerprint density at radius 3 is 3.00 bits per heavy atom. The number of ether oxygens (including phenoxy) is 3. The summed E-state index contributed by atoms with van der Waals surface area (Å²) in [4.78, 5) is 10.6. The Morgan fingerprint density at radius 2 is 2.32 bits per heavy atom. The summed E-state index contributed by atoms with van der Waals surface area (Å²) in [6.45, 7) is 3.24. The maximum absolute atomic E-state index is 10.6. The van der Waals surface area contributed by atoms with Crippen LogP contribution >= 0.6 is 11.8 Å². The smallest absolute Gasteiger partial charge is 0.313 e. The van der Waals surface area contributed by atoms with E-state index in [-0.39, 0.29) is 12.0 Å². The van der Waals surface area contributed by atoms with Crippen molar-refractivity contribution in [3.8, 4) is 11.5 Å². The van der Waals surface area contributed by atoms with Gasteiger partial charge in [-0.2, -0.15) is 0 Å². The van der Waals surface area contributed by atoms with E-state index in [1.807, 2.05) is 25.1 Å². The van der Waals surface area contributed by atoms with Crippen LogP contribution in [0, 0.1) is 0 Å². The topological polar surface area (TPSA) is 65.0 Å². The molecule has 1 heterocycles. The third-order valence-corrected chi connectivity index (χ3v) is 4.19. The Balaban J connectivity index is 2.02. The molecule has 1 saturated heterocycles. The Hall–Kier alpha value is -1.40. The van der Waals surface area contributed by atoms with Crippen molar-refractivity contribution in [2.24, 2.45) is 0 Å². The van der Waals surface area contributed by atoms with Crippen molar-refractivity contribution in [1.82, 2.24) is 0 Å². The van der Waals surface area contributed by atoms with Crippen molar-refractivity contribution < 1.29 is 24.1 Å². The minimum Gasteiger partial charge on any atom is -0.494 e. The molecule has 1 aliphatic rings. The van der Waals surface area contributed by atoms with Crippen molar-refractivity contribution in [3.05, 3.63) is 23.8 Å². The summed E-state index contributed by atoms with van der Waals surface area (Å²) in [5.74, 6) is 1.34. The predicted octanol–water partition coefficient (Wildman–Crippen LogP) is 3.31. The molecule has 0 bridgehead atoms. The van der Waals surface area contributed by atoms with Gasteiger partial charge < -0.3 is 19.3 Å². The highest BCUT2D eigenvalue weighted by Gasteiger charge is 2.16. The summed E-state index contributed by atoms with van der Waals surface area (Å²) in [6.07, 6.45) is 2.91. The molecule has 0 saturated carbocycles. The van der Waals surface area contributed by atoms with Gasteiger partial charge in [0.25, 0.3) is 0 Å². The van der Waals surface area contributed by atoms with Gasteiger partial charge in [0.15, 0.2) is 6.29 Å². The van der Waals surface area contributed by atoms with E-state index in [0.717, 1.165) is 42.9 Å². The fraction of sp³-hybridized carbons (Fsp3) is 0.562. The molecular formula is C16H22O5S. The highest BCUT2D eigenvalue weighted by molar-refractivity contribution is 7.99. The lowest BCUT2D eigenvalue weighted by molar-refractivity contribution is -0.133. The second kappa shape index (κ2) is 8.90. The van der Waals surface area contributed by atoms with Crippen LogP contribution in [0.25, 0.3) is 0 Å². The van der Waals surface area contributed by atoms with Crippen molar-refractivity contribution in [1.29, 1.82) is 0 Å². The molecule has 0 spiro atoms. The van der Waals surface area contributed by atoms with E-state index in [4.69, 9.17) is 19.3 Å². The van der Waals surface area contributed by atoms with Gasteiger partial charge in [0, 0.05) is 17.7 Å². The zero-order chi connectivity index (χ0) is 15.8. The number of carboxylic acids is 1. The van der Waals surface area contributed by atoms with Gasteiger partial charge in [-0.25, -0.2) is 0 Å². The molecule has 22 heavy (non-hydrogen) atoms. The second-order valence-corrected chi connectivity index (χ2v) is 5.99. The van der Waals surface area contributed by atoms with E-state index in [2.05, 4.69) is 0 Å². The van der Waals surface area contributed by atoms with Crippen molar-refractivity contribution >= 4 is 17.7 Å². The molecule has 1 aromatic rings. The molecule has 2 rings (SSSR count). The van der Waals surface area contributed by atoms with E-state index in [9.17, 15) is 4.79 Å². The molecule has 1 unspecified atom stereocenters. The number of thioether (sulfide) groups is 1. The van der Waals surface area contributed by atoms with Crippen LogP contribution in [0.5, 0.6) is 11.5 Å². The van der Waals surface area contributed by atoms with Crippen LogP contribution in [0.15, 0.2) is 18.2 Å². The van der Waals surface area contributed by atoms with Gasteiger partial charge in [-0.15, -0.1) is 11.8 Å². The molecular weight excluding hydrogens is 304 g/mol. The molecule has 1 N–H and O–H groups in total. The summed E-state index contributed by atoms with van der Waals surface area (Å²) in [5, 5.41) is 8.74. The van der Waals surface area contributed by atoms with Crippen LogP contribution in [0.2, 0.25) is 0 Å². The van der Waals surface area contributed by atoms with Gasteiger partial charge in [-0.3, -0.25) is 4.79 Å². The first-order valence-electron chi connectivity index (χ1n) is 7.52. The van der Waals surface area contributed by atoms with Gasteiger partial charge in [-0.1, -0.05) is 0 Å². The Morgan fingerprint density at radius 1 is 1.45 bits per heavy atom. The van der Waals surface area contributed by atoms with E-state index >= 15 is 0 Å². The molecule has 0 amide bonds. The zero-order valence-electron chi connectivity index (χ0n) is 12.7. The fourth-order valence-corrected chi connectivity index (χ4v) is 2.96. The fourth-order valence-electron chi connectivity index (χ4n) is 2.24. The molecule has 1 aliphatic heterocycles. The lowest BCUT2D eigenvalue weighted by Gasteiger charge is -2.24. The van der Waals surface area contributed by atoms with Crippen molar-refractivity contribution in [3.63, 3.8) is 0 Å². The number of hydrogen-bond acceptors (Lipinski definition) is 5. The third-order valence-electron chi connectivity index (χ3n) is 3.22. The molecule has 0 aliphatic carbocycles. The third kappa shape index (κ3) is 5.42. The van der Waals surface area contributed by atoms with Gasteiger partial charge in [-0.05, 0) is 38.0 Å². The van der Waals surface area contributed by atoms with Crippen LogP contribution < -0.4 is 9.47 Å². The van der Waals surface area contributed by atoms with Gasteiger partial charge in [0.1, 0.15) is 11.5 Å². The number of carboxylic acid groups (broad SMARTS) is 1. The Labute approximate surface area is 134 Å². The molecule has 6 heteroatoms. The van der Waals surface area contributed by atoms with Gasteiger partial charge in [0.05, 0.1) is 19.0 Å². The molecule has 1 fully saturated rings. The monoisotopic (exact) mass is 326 g/mol. The standard InChI is InChI=1S/C16H22O5S/c1-2-19-14-7-6-13(21-16-5-3-4-8-20-16)9-12(14)10-22-11-15(17)18/h6-7,9,16H,2-5,8,10-11H2,1H3,(H,17,18). The van der Waals surface area contributed by atoms with E-state index in [0.29, 0.717) is 12.4 Å². The lowest BCUT2D eigenvalue weighted by atomic mass is 10.2. The molecule has 5 nitrogen and oxygen atoms in total. The first kappa shape index (κ1) is 17.0. The number of rotatable bonds is 8. The summed E-state index contributed by atoms with van der Waals surface area (Å²) >= 11 is 1.34. The summed E-state index contributed by atoms with van der Waals surface area (Å²) in [6, 6.07) is 5.66. The average Bonchev–Trinajstić information content (AvgIpc) is 2.50. The maximum atomic E-state index is 10.6. The molecule has 0 aromatic heterocycles. The lowest BCUT2D eigenvalue weighted by Crippen LogP contribution is -2.25. The van der Waals surface area contributed by atoms with Gasteiger partial charge in [0.2, 0.25) is 0 Å². The minimum absolute atomic E-state index is 0.0718. The number of benzene rings is 1. The Bertz CT molecular complexity index is 485. The molecule has 1 aromatic carbocycles. The summed E-state index contributed by atoms with van der Waals surface area (Å²) < 4.78 is 17.0. The van der Waals surface area contributed by atoms with E-state index in [1.165, 1.54) is 11.8 Å². The quantitative estimate of drug-likeness (QED) is 0.790. The van der Waals surface area contributed by atoms with Crippen molar-refractivity contribution in [2.45, 2.75) is 38.2 Å². The summed E-state index contributed by atoms with van der Waals surface area (Å²) in [7, 11) is 0. The number of hydrogen-bond donors (Lipinski definition) is 1. The largest absolute Gasteiger partial charge is 0.494 e. The van der Waals surface area contributed by atoms with Gasteiger partial charge >= 0.3 is 5.97 Å².